The molecule has 0 bridgehead atoms. The Morgan fingerprint density at radius 1 is 1.14 bits per heavy atom. The van der Waals surface area contributed by atoms with Crippen LogP contribution in [0, 0.1) is 6.92 Å². The summed E-state index contributed by atoms with van der Waals surface area (Å²) in [6.45, 7) is 17.2. The fourth-order valence-corrected chi connectivity index (χ4v) is 5.20. The molecule has 4 rings (SSSR count). The third-order valence-corrected chi connectivity index (χ3v) is 6.96. The zero-order chi connectivity index (χ0) is 25.9. The summed E-state index contributed by atoms with van der Waals surface area (Å²) in [5.41, 5.74) is 2.35. The maximum Gasteiger partial charge on any atom is 0.410 e. The Bertz CT molecular complexity index is 1030. The molecule has 0 aromatic carbocycles. The molecule has 1 atom stereocenters. The van der Waals surface area contributed by atoms with Crippen molar-refractivity contribution >= 4 is 17.8 Å². The second kappa shape index (κ2) is 11.0. The number of carbonyl (C=O) groups excluding carboxylic acids is 1. The lowest BCUT2D eigenvalue weighted by atomic mass is 9.98. The minimum atomic E-state index is -0.455. The molecule has 0 saturated carbocycles. The van der Waals surface area contributed by atoms with Crippen LogP contribution < -0.4 is 10.2 Å². The van der Waals surface area contributed by atoms with Gasteiger partial charge in [0.1, 0.15) is 11.3 Å². The minimum absolute atomic E-state index is 0.192. The topological polar surface area (TPSA) is 99.9 Å². The number of aromatic nitrogens is 3. The fourth-order valence-electron chi connectivity index (χ4n) is 5.20. The van der Waals surface area contributed by atoms with Gasteiger partial charge in [0.05, 0.1) is 11.4 Å². The van der Waals surface area contributed by atoms with Crippen LogP contribution in [0.2, 0.25) is 0 Å². The van der Waals surface area contributed by atoms with Crippen molar-refractivity contribution in [3.05, 3.63) is 17.8 Å². The standard InChI is InChI=1S/C26H41N7O3/c1-7-19-17-32(22-10-9-21(28-18(22)3)23-29-30-24(35-23)27-8-2)15-16-33(19)20-11-13-31(14-12-20)25(34)36-26(4,5)6/h9-10,19-20H,7-8,11-17H2,1-6H3,(H,27,30)/t19-/m0/s1. The first-order valence-corrected chi connectivity index (χ1v) is 13.2. The van der Waals surface area contributed by atoms with Gasteiger partial charge in [0.2, 0.25) is 0 Å². The van der Waals surface area contributed by atoms with Crippen LogP contribution in [0.25, 0.3) is 11.6 Å². The molecule has 2 saturated heterocycles. The van der Waals surface area contributed by atoms with Crippen LogP contribution in [0.5, 0.6) is 0 Å². The van der Waals surface area contributed by atoms with Crippen LogP contribution in [-0.4, -0.2) is 88.0 Å². The summed E-state index contributed by atoms with van der Waals surface area (Å²) in [5, 5.41) is 11.2. The van der Waals surface area contributed by atoms with Gasteiger partial charge in [-0.05, 0) is 66.0 Å². The fraction of sp³-hybridized carbons (Fsp3) is 0.692. The molecule has 4 heterocycles. The van der Waals surface area contributed by atoms with Crippen LogP contribution in [0.1, 0.15) is 59.6 Å². The molecule has 0 unspecified atom stereocenters. The van der Waals surface area contributed by atoms with E-state index in [1.807, 2.05) is 45.6 Å². The molecule has 0 aliphatic carbocycles. The normalized spacial score (nSPS) is 20.0. The molecule has 2 aliphatic rings. The lowest BCUT2D eigenvalue weighted by Crippen LogP contribution is -2.59. The summed E-state index contributed by atoms with van der Waals surface area (Å²) < 4.78 is 11.2. The van der Waals surface area contributed by atoms with Gasteiger partial charge in [-0.3, -0.25) is 4.90 Å². The molecule has 1 amide bonds. The van der Waals surface area contributed by atoms with Gasteiger partial charge in [0, 0.05) is 51.4 Å². The van der Waals surface area contributed by atoms with E-state index in [0.717, 1.165) is 69.9 Å². The number of amides is 1. The zero-order valence-electron chi connectivity index (χ0n) is 22.6. The van der Waals surface area contributed by atoms with E-state index in [4.69, 9.17) is 14.1 Å². The van der Waals surface area contributed by atoms with E-state index in [1.165, 1.54) is 0 Å². The van der Waals surface area contributed by atoms with Gasteiger partial charge in [0.25, 0.3) is 5.89 Å². The lowest BCUT2D eigenvalue weighted by Gasteiger charge is -2.48. The largest absolute Gasteiger partial charge is 0.444 e. The molecule has 0 spiro atoms. The summed E-state index contributed by atoms with van der Waals surface area (Å²) in [6.07, 6.45) is 2.87. The molecule has 2 fully saturated rings. The van der Waals surface area contributed by atoms with Crippen molar-refractivity contribution in [1.29, 1.82) is 0 Å². The van der Waals surface area contributed by atoms with Crippen molar-refractivity contribution < 1.29 is 13.9 Å². The number of piperidine rings is 1. The van der Waals surface area contributed by atoms with Gasteiger partial charge in [-0.25, -0.2) is 9.78 Å². The molecule has 198 valence electrons. The Labute approximate surface area is 214 Å². The molecular weight excluding hydrogens is 458 g/mol. The summed E-state index contributed by atoms with van der Waals surface area (Å²) in [4.78, 5) is 24.2. The van der Waals surface area contributed by atoms with E-state index in [9.17, 15) is 4.79 Å². The molecule has 36 heavy (non-hydrogen) atoms. The van der Waals surface area contributed by atoms with E-state index in [1.54, 1.807) is 0 Å². The van der Waals surface area contributed by atoms with Crippen molar-refractivity contribution in [1.82, 2.24) is 25.0 Å². The number of carbonyl (C=O) groups is 1. The molecule has 2 aromatic rings. The Hall–Kier alpha value is -2.88. The average Bonchev–Trinajstić information content (AvgIpc) is 3.31. The Kier molecular flexibility index (Phi) is 8.02. The second-order valence-electron chi connectivity index (χ2n) is 10.7. The lowest BCUT2D eigenvalue weighted by molar-refractivity contribution is 0.00946. The SMILES string of the molecule is CCNc1nnc(-c2ccc(N3CCN(C4CCN(C(=O)OC(C)(C)C)CC4)[C@@H](CC)C3)c(C)n2)o1. The predicted molar refractivity (Wildman–Crippen MR) is 140 cm³/mol. The molecule has 2 aromatic heterocycles. The van der Waals surface area contributed by atoms with E-state index < -0.39 is 5.60 Å². The van der Waals surface area contributed by atoms with Gasteiger partial charge >= 0.3 is 12.1 Å². The number of anilines is 2. The average molecular weight is 500 g/mol. The zero-order valence-corrected chi connectivity index (χ0v) is 22.6. The maximum absolute atomic E-state index is 12.5. The van der Waals surface area contributed by atoms with Crippen molar-refractivity contribution in [2.24, 2.45) is 0 Å². The van der Waals surface area contributed by atoms with E-state index in [-0.39, 0.29) is 6.09 Å². The van der Waals surface area contributed by atoms with Crippen LogP contribution in [0.15, 0.2) is 16.5 Å². The predicted octanol–water partition coefficient (Wildman–Crippen LogP) is 4.17. The van der Waals surface area contributed by atoms with E-state index >= 15 is 0 Å². The number of hydrogen-bond acceptors (Lipinski definition) is 9. The highest BCUT2D eigenvalue weighted by Crippen LogP contribution is 2.29. The number of nitrogens with zero attached hydrogens (tertiary/aromatic N) is 6. The van der Waals surface area contributed by atoms with Crippen LogP contribution in [-0.2, 0) is 4.74 Å². The van der Waals surface area contributed by atoms with Crippen molar-refractivity contribution in [3.63, 3.8) is 0 Å². The van der Waals surface area contributed by atoms with Gasteiger partial charge < -0.3 is 24.3 Å². The van der Waals surface area contributed by atoms with Gasteiger partial charge in [-0.15, -0.1) is 5.10 Å². The Balaban J connectivity index is 1.36. The first kappa shape index (κ1) is 26.2. The summed E-state index contributed by atoms with van der Waals surface area (Å²) in [6, 6.07) is 5.46. The monoisotopic (exact) mass is 499 g/mol. The van der Waals surface area contributed by atoms with Crippen LogP contribution in [0.3, 0.4) is 0 Å². The molecular formula is C26H41N7O3. The molecule has 1 N–H and O–H groups in total. The molecule has 2 aliphatic heterocycles. The molecule has 0 radical (unpaired) electrons. The van der Waals surface area contributed by atoms with Gasteiger partial charge in [0.15, 0.2) is 0 Å². The number of aryl methyl sites for hydroxylation is 1. The Morgan fingerprint density at radius 2 is 1.89 bits per heavy atom. The van der Waals surface area contributed by atoms with E-state index in [2.05, 4.69) is 38.3 Å². The van der Waals surface area contributed by atoms with Crippen molar-refractivity contribution in [3.8, 4) is 11.6 Å². The van der Waals surface area contributed by atoms with Crippen LogP contribution >= 0.6 is 0 Å². The molecule has 10 nitrogen and oxygen atoms in total. The highest BCUT2D eigenvalue weighted by Gasteiger charge is 2.35. The van der Waals surface area contributed by atoms with Gasteiger partial charge in [-0.2, -0.15) is 0 Å². The highest BCUT2D eigenvalue weighted by molar-refractivity contribution is 5.68. The highest BCUT2D eigenvalue weighted by atomic mass is 16.6. The van der Waals surface area contributed by atoms with Gasteiger partial charge in [-0.1, -0.05) is 12.0 Å². The number of hydrogen-bond donors (Lipinski definition) is 1. The Morgan fingerprint density at radius 3 is 2.53 bits per heavy atom. The third-order valence-electron chi connectivity index (χ3n) is 6.96. The smallest absolute Gasteiger partial charge is 0.410 e. The second-order valence-corrected chi connectivity index (χ2v) is 10.7. The summed E-state index contributed by atoms with van der Waals surface area (Å²) >= 11 is 0. The number of pyridine rings is 1. The molecule has 10 heteroatoms. The third kappa shape index (κ3) is 6.08. The number of nitrogens with one attached hydrogen (secondary N) is 1. The quantitative estimate of drug-likeness (QED) is 0.627. The maximum atomic E-state index is 12.5. The number of ether oxygens (including phenoxy) is 1. The van der Waals surface area contributed by atoms with E-state index in [0.29, 0.717) is 29.7 Å². The number of likely N-dealkylation sites (tertiary alicyclic amines) is 1. The van der Waals surface area contributed by atoms with Crippen molar-refractivity contribution in [2.75, 3.05) is 49.5 Å². The first-order valence-electron chi connectivity index (χ1n) is 13.2. The summed E-state index contributed by atoms with van der Waals surface area (Å²) in [5.74, 6) is 0.426. The number of piperazine rings is 1. The first-order chi connectivity index (χ1) is 17.2. The summed E-state index contributed by atoms with van der Waals surface area (Å²) in [7, 11) is 0. The minimum Gasteiger partial charge on any atom is -0.444 e. The number of rotatable bonds is 6. The van der Waals surface area contributed by atoms with Crippen molar-refractivity contribution in [2.45, 2.75) is 78.5 Å². The van der Waals surface area contributed by atoms with Crippen LogP contribution in [0.4, 0.5) is 16.5 Å².